The van der Waals surface area contributed by atoms with Crippen LogP contribution >= 0.6 is 0 Å². The monoisotopic (exact) mass is 301 g/mol. The van der Waals surface area contributed by atoms with Gasteiger partial charge in [-0.2, -0.15) is 5.10 Å². The van der Waals surface area contributed by atoms with Gasteiger partial charge < -0.3 is 4.98 Å². The Balaban J connectivity index is 1.78. The number of aromatic amines is 2. The Hall–Kier alpha value is -1.62. The second-order valence-electron chi connectivity index (χ2n) is 7.32. The Kier molecular flexibility index (Phi) is 4.08. The van der Waals surface area contributed by atoms with Gasteiger partial charge in [0.25, 0.3) is 0 Å². The number of H-pyrrole nitrogens is 2. The first-order chi connectivity index (χ1) is 10.5. The van der Waals surface area contributed by atoms with E-state index in [1.165, 1.54) is 23.5 Å². The zero-order valence-corrected chi connectivity index (χ0v) is 14.1. The number of nitrogens with one attached hydrogen (secondary N) is 2. The van der Waals surface area contributed by atoms with Crippen molar-refractivity contribution >= 4 is 0 Å². The fourth-order valence-electron chi connectivity index (χ4n) is 3.23. The van der Waals surface area contributed by atoms with Gasteiger partial charge in [-0.3, -0.25) is 10.00 Å². The van der Waals surface area contributed by atoms with Gasteiger partial charge in [0.05, 0.1) is 23.8 Å². The van der Waals surface area contributed by atoms with Crippen LogP contribution in [-0.2, 0) is 18.4 Å². The molecule has 2 aromatic rings. The van der Waals surface area contributed by atoms with E-state index in [1.54, 1.807) is 0 Å². The van der Waals surface area contributed by atoms with Gasteiger partial charge in [0.2, 0.25) is 0 Å². The molecule has 2 aromatic heterocycles. The molecule has 1 aliphatic rings. The molecule has 0 amide bonds. The van der Waals surface area contributed by atoms with E-state index in [2.05, 4.69) is 58.8 Å². The van der Waals surface area contributed by atoms with Gasteiger partial charge >= 0.3 is 0 Å². The summed E-state index contributed by atoms with van der Waals surface area (Å²) in [6, 6.07) is 2.63. The Labute approximate surface area is 132 Å². The topological polar surface area (TPSA) is 60.6 Å². The predicted molar refractivity (Wildman–Crippen MR) is 87.6 cm³/mol. The molecule has 0 radical (unpaired) electrons. The minimum Gasteiger partial charge on any atom is -0.348 e. The minimum absolute atomic E-state index is 0.0921. The molecule has 3 heterocycles. The van der Waals surface area contributed by atoms with Gasteiger partial charge in [0.15, 0.2) is 0 Å². The van der Waals surface area contributed by atoms with Crippen molar-refractivity contribution in [3.8, 4) is 0 Å². The zero-order valence-electron chi connectivity index (χ0n) is 14.1. The summed E-state index contributed by atoms with van der Waals surface area (Å²) in [5.41, 5.74) is 4.98. The molecule has 2 N–H and O–H groups in total. The maximum atomic E-state index is 4.57. The first-order valence-corrected chi connectivity index (χ1v) is 8.30. The van der Waals surface area contributed by atoms with E-state index >= 15 is 0 Å². The third-order valence-corrected chi connectivity index (χ3v) is 4.49. The van der Waals surface area contributed by atoms with Crippen LogP contribution < -0.4 is 0 Å². The SMILES string of the molecule is CCC[C@@H]1c2nc[nH]c2CCN1Cc1cc(C(C)(C)C)n[nH]1. The molecule has 1 atom stereocenters. The van der Waals surface area contributed by atoms with Gasteiger partial charge in [-0.1, -0.05) is 34.1 Å². The number of aromatic nitrogens is 4. The minimum atomic E-state index is 0.0921. The highest BCUT2D eigenvalue weighted by Gasteiger charge is 2.29. The lowest BCUT2D eigenvalue weighted by atomic mass is 9.92. The summed E-state index contributed by atoms with van der Waals surface area (Å²) >= 11 is 0. The van der Waals surface area contributed by atoms with Gasteiger partial charge in [-0.05, 0) is 12.5 Å². The Morgan fingerprint density at radius 3 is 2.86 bits per heavy atom. The summed E-state index contributed by atoms with van der Waals surface area (Å²) in [6.07, 6.45) is 5.21. The molecule has 3 rings (SSSR count). The second kappa shape index (κ2) is 5.88. The van der Waals surface area contributed by atoms with Gasteiger partial charge in [-0.25, -0.2) is 4.98 Å². The number of rotatable bonds is 4. The third-order valence-electron chi connectivity index (χ3n) is 4.49. The number of nitrogens with zero attached hydrogens (tertiary/aromatic N) is 3. The van der Waals surface area contributed by atoms with Crippen molar-refractivity contribution in [1.82, 2.24) is 25.1 Å². The molecule has 0 saturated heterocycles. The van der Waals surface area contributed by atoms with Crippen LogP contribution in [0.15, 0.2) is 12.4 Å². The number of hydrogen-bond donors (Lipinski definition) is 2. The van der Waals surface area contributed by atoms with Crippen LogP contribution in [-0.4, -0.2) is 31.6 Å². The van der Waals surface area contributed by atoms with Crippen LogP contribution in [0.5, 0.6) is 0 Å². The summed E-state index contributed by atoms with van der Waals surface area (Å²) in [5, 5.41) is 7.70. The summed E-state index contributed by atoms with van der Waals surface area (Å²) < 4.78 is 0. The van der Waals surface area contributed by atoms with Gasteiger partial charge in [-0.15, -0.1) is 0 Å². The van der Waals surface area contributed by atoms with Crippen molar-refractivity contribution in [1.29, 1.82) is 0 Å². The van der Waals surface area contributed by atoms with Crippen molar-refractivity contribution in [2.24, 2.45) is 0 Å². The smallest absolute Gasteiger partial charge is 0.0925 e. The maximum absolute atomic E-state index is 4.57. The van der Waals surface area contributed by atoms with Crippen molar-refractivity contribution in [2.45, 2.75) is 65.0 Å². The molecular formula is C17H27N5. The summed E-state index contributed by atoms with van der Waals surface area (Å²) in [4.78, 5) is 10.4. The first-order valence-electron chi connectivity index (χ1n) is 8.30. The zero-order chi connectivity index (χ0) is 15.7. The van der Waals surface area contributed by atoms with Crippen molar-refractivity contribution < 1.29 is 0 Å². The standard InChI is InChI=1S/C17H27N5/c1-5-6-14-16-13(18-11-19-16)7-8-22(14)10-12-9-15(21-20-12)17(2,3)4/h9,11,14H,5-8,10H2,1-4H3,(H,18,19)(H,20,21)/t14-/m1/s1. The molecule has 1 aliphatic heterocycles. The lowest BCUT2D eigenvalue weighted by Crippen LogP contribution is -2.35. The Bertz CT molecular complexity index is 619. The highest BCUT2D eigenvalue weighted by molar-refractivity contribution is 5.21. The third kappa shape index (κ3) is 2.95. The van der Waals surface area contributed by atoms with Crippen molar-refractivity contribution in [3.05, 3.63) is 35.2 Å². The molecule has 0 aliphatic carbocycles. The molecule has 5 nitrogen and oxygen atoms in total. The van der Waals surface area contributed by atoms with E-state index in [9.17, 15) is 0 Å². The molecule has 5 heteroatoms. The fourth-order valence-corrected chi connectivity index (χ4v) is 3.23. The van der Waals surface area contributed by atoms with Crippen LogP contribution in [0.1, 0.15) is 69.4 Å². The summed E-state index contributed by atoms with van der Waals surface area (Å²) in [7, 11) is 0. The van der Waals surface area contributed by atoms with Gasteiger partial charge in [0.1, 0.15) is 0 Å². The largest absolute Gasteiger partial charge is 0.348 e. The van der Waals surface area contributed by atoms with E-state index in [1.807, 2.05) is 6.33 Å². The normalized spacial score (nSPS) is 19.4. The molecule has 0 saturated carbocycles. The first kappa shape index (κ1) is 15.3. The van der Waals surface area contributed by atoms with Crippen molar-refractivity contribution in [3.63, 3.8) is 0 Å². The average molecular weight is 301 g/mol. The van der Waals surface area contributed by atoms with E-state index < -0.39 is 0 Å². The molecule has 0 unspecified atom stereocenters. The van der Waals surface area contributed by atoms with E-state index in [0.717, 1.165) is 31.6 Å². The van der Waals surface area contributed by atoms with E-state index in [-0.39, 0.29) is 5.41 Å². The Morgan fingerprint density at radius 2 is 2.18 bits per heavy atom. The quantitative estimate of drug-likeness (QED) is 0.910. The summed E-state index contributed by atoms with van der Waals surface area (Å²) in [6.45, 7) is 10.8. The van der Waals surface area contributed by atoms with Crippen LogP contribution in [0.25, 0.3) is 0 Å². The molecule has 0 aromatic carbocycles. The van der Waals surface area contributed by atoms with Crippen LogP contribution in [0.2, 0.25) is 0 Å². The maximum Gasteiger partial charge on any atom is 0.0925 e. The average Bonchev–Trinajstić information content (AvgIpc) is 3.09. The molecule has 22 heavy (non-hydrogen) atoms. The van der Waals surface area contributed by atoms with Crippen molar-refractivity contribution in [2.75, 3.05) is 6.54 Å². The number of imidazole rings is 1. The summed E-state index contributed by atoms with van der Waals surface area (Å²) in [5.74, 6) is 0. The molecule has 0 spiro atoms. The molecule has 0 fully saturated rings. The molecule has 120 valence electrons. The Morgan fingerprint density at radius 1 is 1.36 bits per heavy atom. The van der Waals surface area contributed by atoms with Gasteiger partial charge in [0, 0.05) is 36.3 Å². The molecule has 0 bridgehead atoms. The predicted octanol–water partition coefficient (Wildman–Crippen LogP) is 3.33. The van der Waals surface area contributed by atoms with Crippen LogP contribution in [0.3, 0.4) is 0 Å². The highest BCUT2D eigenvalue weighted by atomic mass is 15.2. The van der Waals surface area contributed by atoms with E-state index in [0.29, 0.717) is 6.04 Å². The fraction of sp³-hybridized carbons (Fsp3) is 0.647. The van der Waals surface area contributed by atoms with Crippen LogP contribution in [0.4, 0.5) is 0 Å². The van der Waals surface area contributed by atoms with E-state index in [4.69, 9.17) is 0 Å². The molecular weight excluding hydrogens is 274 g/mol. The lowest BCUT2D eigenvalue weighted by Gasteiger charge is -2.34. The lowest BCUT2D eigenvalue weighted by molar-refractivity contribution is 0.160. The highest BCUT2D eigenvalue weighted by Crippen LogP contribution is 2.32. The number of fused-ring (bicyclic) bond motifs is 1. The second-order valence-corrected chi connectivity index (χ2v) is 7.32. The van der Waals surface area contributed by atoms with Crippen LogP contribution in [0, 0.1) is 0 Å². The number of hydrogen-bond acceptors (Lipinski definition) is 3.